The van der Waals surface area contributed by atoms with Crippen LogP contribution in [-0.4, -0.2) is 47.6 Å². The van der Waals surface area contributed by atoms with Crippen LogP contribution in [0.1, 0.15) is 32.1 Å². The Balaban J connectivity index is 1.44. The molecule has 1 aromatic rings. The van der Waals surface area contributed by atoms with Crippen LogP contribution in [0.2, 0.25) is 0 Å². The molecule has 1 N–H and O–H groups in total. The van der Waals surface area contributed by atoms with Gasteiger partial charge in [0.25, 0.3) is 0 Å². The lowest BCUT2D eigenvalue weighted by atomic mass is 9.77. The molecule has 0 bridgehead atoms. The number of amides is 1. The predicted octanol–water partition coefficient (Wildman–Crippen LogP) is 2.30. The number of rotatable bonds is 3. The van der Waals surface area contributed by atoms with Crippen molar-refractivity contribution < 1.29 is 9.53 Å². The maximum absolute atomic E-state index is 12.8. The number of nitrogens with one attached hydrogen (secondary N) is 1. The molecule has 4 rings (SSSR count). The highest BCUT2D eigenvalue weighted by Gasteiger charge is 2.43. The summed E-state index contributed by atoms with van der Waals surface area (Å²) < 4.78 is 5.97. The normalized spacial score (nSPS) is 31.9. The van der Waals surface area contributed by atoms with E-state index in [-0.39, 0.29) is 17.9 Å². The second-order valence-corrected chi connectivity index (χ2v) is 7.07. The minimum Gasteiger partial charge on any atom is -0.378 e. The Kier molecular flexibility index (Phi) is 4.31. The van der Waals surface area contributed by atoms with E-state index in [1.54, 1.807) is 12.4 Å². The number of pyridine rings is 1. The molecule has 2 saturated heterocycles. The fourth-order valence-corrected chi connectivity index (χ4v) is 4.22. The highest BCUT2D eigenvalue weighted by Crippen LogP contribution is 2.37. The van der Waals surface area contributed by atoms with Crippen LogP contribution in [0.25, 0.3) is 0 Å². The van der Waals surface area contributed by atoms with Crippen molar-refractivity contribution in [3.63, 3.8) is 0 Å². The number of carbonyl (C=O) groups is 1. The van der Waals surface area contributed by atoms with Crippen molar-refractivity contribution in [3.05, 3.63) is 24.5 Å². The lowest BCUT2D eigenvalue weighted by Gasteiger charge is -2.48. The van der Waals surface area contributed by atoms with Crippen molar-refractivity contribution >= 4 is 11.6 Å². The van der Waals surface area contributed by atoms with Gasteiger partial charge in [-0.3, -0.25) is 14.7 Å². The number of hydrogen-bond donors (Lipinski definition) is 1. The number of hydrogen-bond acceptors (Lipinski definition) is 4. The van der Waals surface area contributed by atoms with Crippen molar-refractivity contribution in [2.45, 2.75) is 44.2 Å². The van der Waals surface area contributed by atoms with E-state index in [1.807, 2.05) is 12.1 Å². The largest absolute Gasteiger partial charge is 0.378 e. The number of aromatic nitrogens is 1. The van der Waals surface area contributed by atoms with Gasteiger partial charge in [0.1, 0.15) is 0 Å². The molecule has 124 valence electrons. The number of ether oxygens (including phenoxy) is 1. The highest BCUT2D eigenvalue weighted by atomic mass is 16.5. The van der Waals surface area contributed by atoms with Gasteiger partial charge in [-0.15, -0.1) is 0 Å². The molecule has 0 spiro atoms. The molecule has 1 aliphatic carbocycles. The number of nitrogens with zero attached hydrogens (tertiary/aromatic N) is 2. The smallest absolute Gasteiger partial charge is 0.228 e. The lowest BCUT2D eigenvalue weighted by Crippen LogP contribution is -2.55. The molecule has 3 heterocycles. The van der Waals surface area contributed by atoms with Gasteiger partial charge in [-0.25, -0.2) is 0 Å². The fraction of sp³-hybridized carbons (Fsp3) is 0.667. The maximum Gasteiger partial charge on any atom is 0.228 e. The van der Waals surface area contributed by atoms with E-state index in [0.717, 1.165) is 37.7 Å². The number of fused-ring (bicyclic) bond motifs is 1. The zero-order chi connectivity index (χ0) is 15.6. The summed E-state index contributed by atoms with van der Waals surface area (Å²) in [6, 6.07) is 4.49. The Morgan fingerprint density at radius 3 is 2.96 bits per heavy atom. The van der Waals surface area contributed by atoms with E-state index in [0.29, 0.717) is 12.5 Å². The quantitative estimate of drug-likeness (QED) is 0.930. The van der Waals surface area contributed by atoms with E-state index in [2.05, 4.69) is 15.2 Å². The molecule has 1 amide bonds. The summed E-state index contributed by atoms with van der Waals surface area (Å²) in [6.07, 6.45) is 9.58. The van der Waals surface area contributed by atoms with Crippen molar-refractivity contribution in [2.75, 3.05) is 25.0 Å². The summed E-state index contributed by atoms with van der Waals surface area (Å²) in [6.45, 7) is 2.85. The van der Waals surface area contributed by atoms with Gasteiger partial charge in [-0.2, -0.15) is 0 Å². The van der Waals surface area contributed by atoms with Crippen LogP contribution in [-0.2, 0) is 9.53 Å². The third-order valence-electron chi connectivity index (χ3n) is 5.76. The number of piperidine rings is 1. The van der Waals surface area contributed by atoms with Crippen LogP contribution >= 0.6 is 0 Å². The van der Waals surface area contributed by atoms with E-state index in [9.17, 15) is 4.79 Å². The molecule has 23 heavy (non-hydrogen) atoms. The molecule has 1 aromatic heterocycles. The number of carbonyl (C=O) groups excluding carboxylic acids is 1. The maximum atomic E-state index is 12.8. The predicted molar refractivity (Wildman–Crippen MR) is 88.0 cm³/mol. The first-order valence-corrected chi connectivity index (χ1v) is 8.88. The van der Waals surface area contributed by atoms with Crippen LogP contribution in [0, 0.1) is 11.8 Å². The van der Waals surface area contributed by atoms with Gasteiger partial charge < -0.3 is 10.1 Å². The first-order chi connectivity index (χ1) is 11.3. The fourth-order valence-electron chi connectivity index (χ4n) is 4.22. The molecule has 0 unspecified atom stereocenters. The Bertz CT molecular complexity index is 546. The molecular weight excluding hydrogens is 290 g/mol. The Morgan fingerprint density at radius 2 is 2.22 bits per heavy atom. The first kappa shape index (κ1) is 15.1. The molecule has 5 heteroatoms. The summed E-state index contributed by atoms with van der Waals surface area (Å²) in [5.74, 6) is 0.512. The van der Waals surface area contributed by atoms with Crippen LogP contribution in [0.4, 0.5) is 5.69 Å². The summed E-state index contributed by atoms with van der Waals surface area (Å²) in [7, 11) is 0. The van der Waals surface area contributed by atoms with Gasteiger partial charge in [0, 0.05) is 43.8 Å². The monoisotopic (exact) mass is 315 g/mol. The zero-order valence-electron chi connectivity index (χ0n) is 13.5. The molecule has 0 radical (unpaired) electrons. The molecule has 0 aromatic carbocycles. The second kappa shape index (κ2) is 6.57. The lowest BCUT2D eigenvalue weighted by molar-refractivity contribution is -0.139. The van der Waals surface area contributed by atoms with Crippen LogP contribution < -0.4 is 5.32 Å². The third kappa shape index (κ3) is 3.12. The Labute approximate surface area is 137 Å². The zero-order valence-corrected chi connectivity index (χ0v) is 13.5. The average Bonchev–Trinajstić information content (AvgIpc) is 2.53. The number of anilines is 1. The minimum atomic E-state index is 0.0526. The van der Waals surface area contributed by atoms with Gasteiger partial charge in [-0.1, -0.05) is 6.42 Å². The van der Waals surface area contributed by atoms with Gasteiger partial charge >= 0.3 is 0 Å². The molecule has 3 atom stereocenters. The topological polar surface area (TPSA) is 54.5 Å². The summed E-state index contributed by atoms with van der Waals surface area (Å²) in [5, 5.41) is 3.04. The van der Waals surface area contributed by atoms with Crippen LogP contribution in [0.3, 0.4) is 0 Å². The highest BCUT2D eigenvalue weighted by molar-refractivity contribution is 5.92. The van der Waals surface area contributed by atoms with Crippen LogP contribution in [0.5, 0.6) is 0 Å². The molecular formula is C18H25N3O2. The molecule has 1 saturated carbocycles. The van der Waals surface area contributed by atoms with Crippen molar-refractivity contribution in [1.82, 2.24) is 9.88 Å². The summed E-state index contributed by atoms with van der Waals surface area (Å²) >= 11 is 0. The van der Waals surface area contributed by atoms with Crippen molar-refractivity contribution in [2.24, 2.45) is 11.8 Å². The van der Waals surface area contributed by atoms with Crippen LogP contribution in [0.15, 0.2) is 24.5 Å². The minimum absolute atomic E-state index is 0.0526. The van der Waals surface area contributed by atoms with E-state index in [1.165, 1.54) is 19.3 Å². The standard InChI is InChI=1S/C18H25N3O2/c22-18(20-13-3-2-8-19-11-13)15-7-10-23-17-6-9-21(12-16(15)17)14-4-1-5-14/h2-3,8,11,14-17H,1,4-7,9-10,12H2,(H,20,22)/t15-,16-,17-/m1/s1. The first-order valence-electron chi connectivity index (χ1n) is 8.88. The molecule has 3 aliphatic rings. The Morgan fingerprint density at radius 1 is 1.30 bits per heavy atom. The summed E-state index contributed by atoms with van der Waals surface area (Å²) in [5.41, 5.74) is 0.784. The SMILES string of the molecule is O=C(Nc1cccnc1)[C@@H]1CCO[C@@H]2CCN(C3CCC3)C[C@@H]21. The van der Waals surface area contributed by atoms with Gasteiger partial charge in [-0.05, 0) is 37.8 Å². The average molecular weight is 315 g/mol. The van der Waals surface area contributed by atoms with E-state index in [4.69, 9.17) is 4.74 Å². The van der Waals surface area contributed by atoms with Crippen molar-refractivity contribution in [1.29, 1.82) is 0 Å². The van der Waals surface area contributed by atoms with Gasteiger partial charge in [0.05, 0.1) is 18.0 Å². The van der Waals surface area contributed by atoms with Gasteiger partial charge in [0.15, 0.2) is 0 Å². The van der Waals surface area contributed by atoms with Gasteiger partial charge in [0.2, 0.25) is 5.91 Å². The molecule has 3 fully saturated rings. The Hall–Kier alpha value is -1.46. The molecule has 2 aliphatic heterocycles. The number of likely N-dealkylation sites (tertiary alicyclic amines) is 1. The second-order valence-electron chi connectivity index (χ2n) is 7.07. The van der Waals surface area contributed by atoms with E-state index >= 15 is 0 Å². The van der Waals surface area contributed by atoms with E-state index < -0.39 is 0 Å². The summed E-state index contributed by atoms with van der Waals surface area (Å²) in [4.78, 5) is 19.4. The third-order valence-corrected chi connectivity index (χ3v) is 5.76. The molecule has 5 nitrogen and oxygen atoms in total. The van der Waals surface area contributed by atoms with Crippen molar-refractivity contribution in [3.8, 4) is 0 Å².